The molecule has 0 radical (unpaired) electrons. The normalized spacial score (nSPS) is 10.7. The van der Waals surface area contributed by atoms with Crippen LogP contribution in [0.25, 0.3) is 10.8 Å². The van der Waals surface area contributed by atoms with E-state index in [-0.39, 0.29) is 12.5 Å². The average Bonchev–Trinajstić information content (AvgIpc) is 2.76. The highest BCUT2D eigenvalue weighted by Gasteiger charge is 2.12. The van der Waals surface area contributed by atoms with Crippen molar-refractivity contribution in [3.8, 4) is 17.2 Å². The molecule has 0 unspecified atom stereocenters. The molecule has 7 nitrogen and oxygen atoms in total. The van der Waals surface area contributed by atoms with E-state index in [0.29, 0.717) is 22.8 Å². The number of anilines is 1. The Morgan fingerprint density at radius 1 is 0.966 bits per heavy atom. The van der Waals surface area contributed by atoms with E-state index in [0.717, 1.165) is 16.5 Å². The minimum Gasteiger partial charge on any atom is -0.493 e. The van der Waals surface area contributed by atoms with E-state index in [9.17, 15) is 4.79 Å². The van der Waals surface area contributed by atoms with Crippen molar-refractivity contribution in [2.24, 2.45) is 5.10 Å². The number of carbonyl (C=O) groups excluding carboxylic acids is 1. The number of ether oxygens (including phenoxy) is 3. The van der Waals surface area contributed by atoms with Crippen LogP contribution in [0.4, 0.5) is 5.69 Å². The van der Waals surface area contributed by atoms with Gasteiger partial charge < -0.3 is 19.5 Å². The summed E-state index contributed by atoms with van der Waals surface area (Å²) >= 11 is 0. The lowest BCUT2D eigenvalue weighted by Gasteiger charge is -2.12. The summed E-state index contributed by atoms with van der Waals surface area (Å²) in [5.74, 6) is 1.26. The van der Waals surface area contributed by atoms with E-state index < -0.39 is 0 Å². The van der Waals surface area contributed by atoms with Crippen LogP contribution >= 0.6 is 0 Å². The Balaban J connectivity index is 1.62. The zero-order chi connectivity index (χ0) is 20.6. The summed E-state index contributed by atoms with van der Waals surface area (Å²) in [6.07, 6.45) is 1.51. The summed E-state index contributed by atoms with van der Waals surface area (Å²) in [4.78, 5) is 12.1. The molecule has 1 amide bonds. The summed E-state index contributed by atoms with van der Waals surface area (Å²) < 4.78 is 15.9. The van der Waals surface area contributed by atoms with Gasteiger partial charge >= 0.3 is 0 Å². The van der Waals surface area contributed by atoms with Crippen molar-refractivity contribution in [3.63, 3.8) is 0 Å². The van der Waals surface area contributed by atoms with Crippen molar-refractivity contribution in [2.75, 3.05) is 33.2 Å². The van der Waals surface area contributed by atoms with Crippen molar-refractivity contribution < 1.29 is 19.0 Å². The van der Waals surface area contributed by atoms with Crippen LogP contribution in [-0.2, 0) is 4.79 Å². The summed E-state index contributed by atoms with van der Waals surface area (Å²) in [5.41, 5.74) is 4.10. The Kier molecular flexibility index (Phi) is 6.52. The number of hydrogen-bond donors (Lipinski definition) is 2. The molecule has 7 heteroatoms. The maximum atomic E-state index is 12.1. The van der Waals surface area contributed by atoms with Gasteiger partial charge in [-0.15, -0.1) is 0 Å². The van der Waals surface area contributed by atoms with Crippen LogP contribution in [0, 0.1) is 0 Å². The number of rotatable bonds is 8. The number of nitrogens with one attached hydrogen (secondary N) is 2. The predicted octanol–water partition coefficient (Wildman–Crippen LogP) is 3.43. The number of hydrogen-bond acceptors (Lipinski definition) is 6. The van der Waals surface area contributed by atoms with Gasteiger partial charge in [0.2, 0.25) is 5.75 Å². The first-order chi connectivity index (χ1) is 14.2. The summed E-state index contributed by atoms with van der Waals surface area (Å²) in [5, 5.41) is 9.32. The van der Waals surface area contributed by atoms with Crippen molar-refractivity contribution in [2.45, 2.75) is 0 Å². The van der Waals surface area contributed by atoms with Gasteiger partial charge in [0.15, 0.2) is 11.5 Å². The smallest absolute Gasteiger partial charge is 0.259 e. The lowest BCUT2D eigenvalue weighted by Crippen LogP contribution is -2.25. The van der Waals surface area contributed by atoms with Crippen molar-refractivity contribution in [3.05, 3.63) is 60.2 Å². The molecule has 3 aromatic carbocycles. The molecule has 29 heavy (non-hydrogen) atoms. The van der Waals surface area contributed by atoms with Crippen molar-refractivity contribution >= 4 is 28.6 Å². The van der Waals surface area contributed by atoms with Crippen LogP contribution in [0.5, 0.6) is 17.2 Å². The largest absolute Gasteiger partial charge is 0.493 e. The van der Waals surface area contributed by atoms with Gasteiger partial charge in [-0.2, -0.15) is 5.10 Å². The highest BCUT2D eigenvalue weighted by atomic mass is 16.5. The minimum absolute atomic E-state index is 0.0978. The zero-order valence-electron chi connectivity index (χ0n) is 16.6. The SMILES string of the molecule is COc1cc(/C=N/NC(=O)CNc2cccc3ccccc23)cc(OC)c1OC. The second-order valence-corrected chi connectivity index (χ2v) is 6.13. The molecule has 0 fully saturated rings. The summed E-state index contributed by atoms with van der Waals surface area (Å²) in [6, 6.07) is 17.4. The van der Waals surface area contributed by atoms with Gasteiger partial charge in [0, 0.05) is 16.6 Å². The topological polar surface area (TPSA) is 81.2 Å². The van der Waals surface area contributed by atoms with E-state index in [1.54, 1.807) is 26.4 Å². The molecule has 0 heterocycles. The van der Waals surface area contributed by atoms with E-state index in [4.69, 9.17) is 14.2 Å². The van der Waals surface area contributed by atoms with Crippen LogP contribution in [0.3, 0.4) is 0 Å². The fraction of sp³-hybridized carbons (Fsp3) is 0.182. The molecule has 3 rings (SSSR count). The monoisotopic (exact) mass is 393 g/mol. The van der Waals surface area contributed by atoms with Crippen LogP contribution < -0.4 is 25.0 Å². The molecular formula is C22H23N3O4. The van der Waals surface area contributed by atoms with Crippen molar-refractivity contribution in [1.82, 2.24) is 5.43 Å². The molecule has 0 aromatic heterocycles. The lowest BCUT2D eigenvalue weighted by molar-refractivity contribution is -0.119. The fourth-order valence-corrected chi connectivity index (χ4v) is 2.95. The van der Waals surface area contributed by atoms with E-state index in [1.807, 2.05) is 42.5 Å². The fourth-order valence-electron chi connectivity index (χ4n) is 2.95. The lowest BCUT2D eigenvalue weighted by atomic mass is 10.1. The van der Waals surface area contributed by atoms with Gasteiger partial charge in [0.1, 0.15) is 0 Å². The van der Waals surface area contributed by atoms with Gasteiger partial charge in [-0.25, -0.2) is 5.43 Å². The minimum atomic E-state index is -0.262. The predicted molar refractivity (Wildman–Crippen MR) is 114 cm³/mol. The van der Waals surface area contributed by atoms with Gasteiger partial charge in [-0.1, -0.05) is 36.4 Å². The number of methoxy groups -OCH3 is 3. The maximum Gasteiger partial charge on any atom is 0.259 e. The highest BCUT2D eigenvalue weighted by molar-refractivity contribution is 5.95. The zero-order valence-corrected chi connectivity index (χ0v) is 16.6. The number of nitrogens with zero attached hydrogens (tertiary/aromatic N) is 1. The number of carbonyl (C=O) groups is 1. The quantitative estimate of drug-likeness (QED) is 0.453. The summed E-state index contributed by atoms with van der Waals surface area (Å²) in [6.45, 7) is 0.0978. The van der Waals surface area contributed by atoms with Crippen LogP contribution in [0.2, 0.25) is 0 Å². The molecule has 2 N–H and O–H groups in total. The Morgan fingerprint density at radius 3 is 2.34 bits per heavy atom. The molecule has 150 valence electrons. The third-order valence-electron chi connectivity index (χ3n) is 4.32. The molecule has 0 aliphatic heterocycles. The van der Waals surface area contributed by atoms with Crippen LogP contribution in [0.15, 0.2) is 59.7 Å². The average molecular weight is 393 g/mol. The molecule has 0 saturated heterocycles. The third kappa shape index (κ3) is 4.76. The van der Waals surface area contributed by atoms with E-state index >= 15 is 0 Å². The van der Waals surface area contributed by atoms with Gasteiger partial charge in [0.25, 0.3) is 5.91 Å². The molecular weight excluding hydrogens is 370 g/mol. The van der Waals surface area contributed by atoms with E-state index in [1.165, 1.54) is 13.3 Å². The number of benzene rings is 3. The highest BCUT2D eigenvalue weighted by Crippen LogP contribution is 2.37. The Bertz CT molecular complexity index is 1000. The third-order valence-corrected chi connectivity index (χ3v) is 4.32. The molecule has 0 aliphatic carbocycles. The maximum absolute atomic E-state index is 12.1. The molecule has 0 atom stereocenters. The second-order valence-electron chi connectivity index (χ2n) is 6.13. The second kappa shape index (κ2) is 9.45. The van der Waals surface area contributed by atoms with Crippen LogP contribution in [0.1, 0.15) is 5.56 Å². The Morgan fingerprint density at radius 2 is 1.66 bits per heavy atom. The Labute approximate surface area is 169 Å². The summed E-state index contributed by atoms with van der Waals surface area (Å²) in [7, 11) is 4.62. The molecule has 3 aromatic rings. The van der Waals surface area contributed by atoms with Gasteiger partial charge in [0.05, 0.1) is 34.1 Å². The first-order valence-electron chi connectivity index (χ1n) is 8.99. The van der Waals surface area contributed by atoms with Gasteiger partial charge in [-0.05, 0) is 23.6 Å². The molecule has 0 aliphatic rings. The standard InChI is InChI=1S/C22H23N3O4/c1-27-19-11-15(12-20(28-2)22(19)29-3)13-24-25-21(26)14-23-18-10-6-8-16-7-4-5-9-17(16)18/h4-13,23H,14H2,1-3H3,(H,25,26)/b24-13+. The van der Waals surface area contributed by atoms with Crippen LogP contribution in [-0.4, -0.2) is 40.0 Å². The number of amides is 1. The molecule has 0 spiro atoms. The Hall–Kier alpha value is -3.74. The number of hydrazone groups is 1. The first kappa shape index (κ1) is 20.0. The first-order valence-corrected chi connectivity index (χ1v) is 8.99. The van der Waals surface area contributed by atoms with Gasteiger partial charge in [-0.3, -0.25) is 4.79 Å². The number of fused-ring (bicyclic) bond motifs is 1. The van der Waals surface area contributed by atoms with Crippen molar-refractivity contribution in [1.29, 1.82) is 0 Å². The van der Waals surface area contributed by atoms with E-state index in [2.05, 4.69) is 15.8 Å². The molecule has 0 bridgehead atoms. The molecule has 0 saturated carbocycles.